The van der Waals surface area contributed by atoms with Crippen LogP contribution in [-0.2, 0) is 16.0 Å². The number of hydrogen-bond acceptors (Lipinski definition) is 4. The molecule has 0 aliphatic carbocycles. The van der Waals surface area contributed by atoms with Crippen LogP contribution in [0.1, 0.15) is 5.56 Å². The maximum Gasteiger partial charge on any atom is 0.224 e. The van der Waals surface area contributed by atoms with E-state index in [2.05, 4.69) is 10.6 Å². The summed E-state index contributed by atoms with van der Waals surface area (Å²) in [6.45, 7) is 2.81. The van der Waals surface area contributed by atoms with Gasteiger partial charge in [0.25, 0.3) is 0 Å². The van der Waals surface area contributed by atoms with Gasteiger partial charge in [0.1, 0.15) is 5.75 Å². The van der Waals surface area contributed by atoms with Crippen LogP contribution in [0.15, 0.2) is 24.3 Å². The Hall–Kier alpha value is -1.30. The lowest BCUT2D eigenvalue weighted by Crippen LogP contribution is -2.33. The lowest BCUT2D eigenvalue weighted by molar-refractivity contribution is -0.120. The molecule has 20 heavy (non-hydrogen) atoms. The van der Waals surface area contributed by atoms with Crippen LogP contribution in [0.5, 0.6) is 5.75 Å². The van der Waals surface area contributed by atoms with E-state index in [1.54, 1.807) is 14.2 Å². The molecule has 1 aromatic carbocycles. The van der Waals surface area contributed by atoms with E-state index in [0.29, 0.717) is 19.6 Å². The zero-order chi connectivity index (χ0) is 13.9. The molecule has 2 N–H and O–H groups in total. The van der Waals surface area contributed by atoms with Crippen molar-refractivity contribution in [2.45, 2.75) is 6.42 Å². The molecule has 0 radical (unpaired) electrons. The Morgan fingerprint density at radius 1 is 1.15 bits per heavy atom. The summed E-state index contributed by atoms with van der Waals surface area (Å²) in [4.78, 5) is 11.8. The van der Waals surface area contributed by atoms with Crippen LogP contribution in [0.25, 0.3) is 0 Å². The molecule has 0 aliphatic heterocycles. The predicted octanol–water partition coefficient (Wildman–Crippen LogP) is 1.01. The Morgan fingerprint density at radius 2 is 1.90 bits per heavy atom. The van der Waals surface area contributed by atoms with Crippen molar-refractivity contribution in [3.63, 3.8) is 0 Å². The van der Waals surface area contributed by atoms with Crippen molar-refractivity contribution in [3.8, 4) is 5.75 Å². The average Bonchev–Trinajstić information content (AvgIpc) is 2.43. The maximum absolute atomic E-state index is 11.8. The van der Waals surface area contributed by atoms with E-state index in [4.69, 9.17) is 9.47 Å². The van der Waals surface area contributed by atoms with Crippen molar-refractivity contribution in [1.29, 1.82) is 0 Å². The fourth-order valence-corrected chi connectivity index (χ4v) is 1.67. The van der Waals surface area contributed by atoms with Gasteiger partial charge in [-0.25, -0.2) is 0 Å². The van der Waals surface area contributed by atoms with Gasteiger partial charge >= 0.3 is 0 Å². The molecule has 0 aromatic heterocycles. The average molecular weight is 303 g/mol. The molecule has 1 rings (SSSR count). The highest BCUT2D eigenvalue weighted by Crippen LogP contribution is 2.17. The molecule has 0 unspecified atom stereocenters. The largest absolute Gasteiger partial charge is 0.496 e. The van der Waals surface area contributed by atoms with E-state index in [1.807, 2.05) is 24.3 Å². The van der Waals surface area contributed by atoms with Crippen LogP contribution in [0.2, 0.25) is 0 Å². The smallest absolute Gasteiger partial charge is 0.224 e. The Kier molecular flexibility index (Phi) is 10.8. The zero-order valence-electron chi connectivity index (χ0n) is 12.0. The van der Waals surface area contributed by atoms with E-state index in [0.717, 1.165) is 24.4 Å². The first-order chi connectivity index (χ1) is 9.27. The number of rotatable bonds is 9. The van der Waals surface area contributed by atoms with Crippen molar-refractivity contribution >= 4 is 18.3 Å². The molecule has 0 spiro atoms. The van der Waals surface area contributed by atoms with E-state index < -0.39 is 0 Å². The monoisotopic (exact) mass is 302 g/mol. The van der Waals surface area contributed by atoms with Gasteiger partial charge in [-0.15, -0.1) is 12.4 Å². The summed E-state index contributed by atoms with van der Waals surface area (Å²) in [5.74, 6) is 0.744. The minimum absolute atomic E-state index is 0. The van der Waals surface area contributed by atoms with Gasteiger partial charge in [0.05, 0.1) is 20.1 Å². The predicted molar refractivity (Wildman–Crippen MR) is 81.7 cm³/mol. The highest BCUT2D eigenvalue weighted by molar-refractivity contribution is 5.85. The summed E-state index contributed by atoms with van der Waals surface area (Å²) in [6.07, 6.45) is 0.335. The lowest BCUT2D eigenvalue weighted by Gasteiger charge is -2.09. The van der Waals surface area contributed by atoms with Gasteiger partial charge in [-0.3, -0.25) is 4.79 Å². The number of ether oxygens (including phenoxy) is 2. The molecule has 1 amide bonds. The van der Waals surface area contributed by atoms with Crippen LogP contribution >= 0.6 is 12.4 Å². The zero-order valence-corrected chi connectivity index (χ0v) is 12.8. The molecule has 0 saturated carbocycles. The quantitative estimate of drug-likeness (QED) is 0.669. The summed E-state index contributed by atoms with van der Waals surface area (Å²) in [5.41, 5.74) is 0.898. The number of para-hydroxylation sites is 1. The Balaban J connectivity index is 0.00000361. The Morgan fingerprint density at radius 3 is 2.60 bits per heavy atom. The minimum Gasteiger partial charge on any atom is -0.496 e. The molecule has 0 heterocycles. The molecular formula is C14H23ClN2O3. The number of carbonyl (C=O) groups is 1. The van der Waals surface area contributed by atoms with Crippen molar-refractivity contribution in [1.82, 2.24) is 10.6 Å². The number of nitrogens with one attached hydrogen (secondary N) is 2. The van der Waals surface area contributed by atoms with Crippen LogP contribution in [0.3, 0.4) is 0 Å². The second-order valence-electron chi connectivity index (χ2n) is 4.08. The Bertz CT molecular complexity index is 388. The van der Waals surface area contributed by atoms with Gasteiger partial charge in [0.15, 0.2) is 0 Å². The molecule has 6 heteroatoms. The fourth-order valence-electron chi connectivity index (χ4n) is 1.67. The molecular weight excluding hydrogens is 280 g/mol. The van der Waals surface area contributed by atoms with Crippen molar-refractivity contribution in [3.05, 3.63) is 29.8 Å². The first-order valence-corrected chi connectivity index (χ1v) is 6.36. The van der Waals surface area contributed by atoms with E-state index >= 15 is 0 Å². The van der Waals surface area contributed by atoms with Crippen molar-refractivity contribution < 1.29 is 14.3 Å². The molecule has 0 fully saturated rings. The van der Waals surface area contributed by atoms with Crippen LogP contribution in [0.4, 0.5) is 0 Å². The summed E-state index contributed by atoms with van der Waals surface area (Å²) in [7, 11) is 3.27. The summed E-state index contributed by atoms with van der Waals surface area (Å²) >= 11 is 0. The molecule has 0 bridgehead atoms. The summed E-state index contributed by atoms with van der Waals surface area (Å²) in [5, 5.41) is 6.03. The number of hydrogen-bond donors (Lipinski definition) is 2. The lowest BCUT2D eigenvalue weighted by atomic mass is 10.1. The van der Waals surface area contributed by atoms with E-state index in [-0.39, 0.29) is 18.3 Å². The molecule has 0 atom stereocenters. The van der Waals surface area contributed by atoms with E-state index in [1.165, 1.54) is 0 Å². The van der Waals surface area contributed by atoms with Gasteiger partial charge in [-0.2, -0.15) is 0 Å². The molecule has 5 nitrogen and oxygen atoms in total. The van der Waals surface area contributed by atoms with Crippen molar-refractivity contribution in [2.75, 3.05) is 40.5 Å². The van der Waals surface area contributed by atoms with E-state index in [9.17, 15) is 4.79 Å². The van der Waals surface area contributed by atoms with Crippen molar-refractivity contribution in [2.24, 2.45) is 0 Å². The third-order valence-corrected chi connectivity index (χ3v) is 2.65. The van der Waals surface area contributed by atoms with Gasteiger partial charge in [-0.1, -0.05) is 18.2 Å². The number of amides is 1. The third-order valence-electron chi connectivity index (χ3n) is 2.65. The third kappa shape index (κ3) is 7.33. The first kappa shape index (κ1) is 18.7. The second kappa shape index (κ2) is 11.5. The molecule has 1 aromatic rings. The number of methoxy groups -OCH3 is 2. The van der Waals surface area contributed by atoms with Crippen LogP contribution in [-0.4, -0.2) is 46.4 Å². The first-order valence-electron chi connectivity index (χ1n) is 6.36. The summed E-state index contributed by atoms with van der Waals surface area (Å²) in [6, 6.07) is 7.54. The SMILES string of the molecule is COCCNCCNC(=O)Cc1ccccc1OC.Cl. The van der Waals surface area contributed by atoms with Gasteiger partial charge in [-0.05, 0) is 6.07 Å². The number of carbonyl (C=O) groups excluding carboxylic acids is 1. The second-order valence-corrected chi connectivity index (χ2v) is 4.08. The highest BCUT2D eigenvalue weighted by Gasteiger charge is 2.07. The summed E-state index contributed by atoms with van der Waals surface area (Å²) < 4.78 is 10.1. The molecule has 114 valence electrons. The topological polar surface area (TPSA) is 59.6 Å². The van der Waals surface area contributed by atoms with Crippen LogP contribution < -0.4 is 15.4 Å². The number of benzene rings is 1. The number of halogens is 1. The molecule has 0 saturated heterocycles. The van der Waals surface area contributed by atoms with Gasteiger partial charge < -0.3 is 20.1 Å². The minimum atomic E-state index is -0.00181. The molecule has 0 aliphatic rings. The van der Waals surface area contributed by atoms with Gasteiger partial charge in [0.2, 0.25) is 5.91 Å². The van der Waals surface area contributed by atoms with Crippen LogP contribution in [0, 0.1) is 0 Å². The Labute approximate surface area is 126 Å². The van der Waals surface area contributed by atoms with Gasteiger partial charge in [0, 0.05) is 32.3 Å². The fraction of sp³-hybridized carbons (Fsp3) is 0.500. The maximum atomic E-state index is 11.8. The standard InChI is InChI=1S/C14H22N2O3.ClH/c1-18-10-9-15-7-8-16-14(17)11-12-5-3-4-6-13(12)19-2;/h3-6,15H,7-11H2,1-2H3,(H,16,17);1H. The normalized spacial score (nSPS) is 9.70. The highest BCUT2D eigenvalue weighted by atomic mass is 35.5.